The molecule has 1 aromatic carbocycles. The molecular formula is C16H17N7O. The molecule has 8 nitrogen and oxygen atoms in total. The lowest BCUT2D eigenvalue weighted by molar-refractivity contribution is 0.0689. The van der Waals surface area contributed by atoms with Crippen LogP contribution in [0.2, 0.25) is 0 Å². The summed E-state index contributed by atoms with van der Waals surface area (Å²) in [4.78, 5) is 14.7. The lowest BCUT2D eigenvalue weighted by atomic mass is 10.0. The molecule has 0 atom stereocenters. The van der Waals surface area contributed by atoms with Gasteiger partial charge in [0.25, 0.3) is 5.91 Å². The van der Waals surface area contributed by atoms with Gasteiger partial charge in [-0.15, -0.1) is 10.2 Å². The second-order valence-electron chi connectivity index (χ2n) is 5.80. The molecule has 0 N–H and O–H groups in total. The Morgan fingerprint density at radius 1 is 1.04 bits per heavy atom. The topological polar surface area (TPSA) is 81.7 Å². The lowest BCUT2D eigenvalue weighted by Gasteiger charge is -2.32. The smallest absolute Gasteiger partial charge is 0.253 e. The van der Waals surface area contributed by atoms with E-state index in [1.54, 1.807) is 23.3 Å². The molecular weight excluding hydrogens is 306 g/mol. The number of likely N-dealkylation sites (tertiary alicyclic amines) is 1. The lowest BCUT2D eigenvalue weighted by Crippen LogP contribution is -2.39. The number of aromatic nitrogens is 6. The maximum atomic E-state index is 12.8. The summed E-state index contributed by atoms with van der Waals surface area (Å²) in [7, 11) is 0. The van der Waals surface area contributed by atoms with Crippen molar-refractivity contribution in [3.8, 4) is 5.69 Å². The van der Waals surface area contributed by atoms with Gasteiger partial charge in [-0.25, -0.2) is 9.36 Å². The Hall–Kier alpha value is -3.03. The molecule has 8 heteroatoms. The van der Waals surface area contributed by atoms with Crippen LogP contribution in [0.3, 0.4) is 0 Å². The molecule has 24 heavy (non-hydrogen) atoms. The van der Waals surface area contributed by atoms with Crippen LogP contribution >= 0.6 is 0 Å². The van der Waals surface area contributed by atoms with E-state index in [0.717, 1.165) is 31.6 Å². The van der Waals surface area contributed by atoms with Crippen LogP contribution in [0, 0.1) is 0 Å². The number of carbonyl (C=O) groups excluding carboxylic acids is 1. The average molecular weight is 323 g/mol. The highest BCUT2D eigenvalue weighted by Gasteiger charge is 2.25. The zero-order chi connectivity index (χ0) is 16.4. The van der Waals surface area contributed by atoms with Crippen molar-refractivity contribution in [3.05, 3.63) is 54.6 Å². The van der Waals surface area contributed by atoms with Crippen LogP contribution in [-0.4, -0.2) is 53.9 Å². The first-order valence-corrected chi connectivity index (χ1v) is 7.93. The SMILES string of the molecule is O=C(c1cccc(-n2ccnn2)c1)N1CCC(n2ccnn2)CC1. The van der Waals surface area contributed by atoms with E-state index in [1.165, 1.54) is 0 Å². The molecule has 0 spiro atoms. The third kappa shape index (κ3) is 2.78. The summed E-state index contributed by atoms with van der Waals surface area (Å²) < 4.78 is 3.53. The number of amides is 1. The van der Waals surface area contributed by atoms with Gasteiger partial charge in [0.1, 0.15) is 0 Å². The van der Waals surface area contributed by atoms with Crippen LogP contribution in [0.15, 0.2) is 49.1 Å². The highest BCUT2D eigenvalue weighted by molar-refractivity contribution is 5.94. The Balaban J connectivity index is 1.46. The maximum absolute atomic E-state index is 12.8. The van der Waals surface area contributed by atoms with E-state index in [1.807, 2.05) is 40.0 Å². The number of carbonyl (C=O) groups is 1. The van der Waals surface area contributed by atoms with Gasteiger partial charge in [0.15, 0.2) is 0 Å². The Labute approximate surface area is 138 Å². The predicted molar refractivity (Wildman–Crippen MR) is 85.6 cm³/mol. The largest absolute Gasteiger partial charge is 0.338 e. The Kier molecular flexibility index (Phi) is 3.78. The molecule has 1 saturated heterocycles. The van der Waals surface area contributed by atoms with Gasteiger partial charge in [-0.05, 0) is 31.0 Å². The Morgan fingerprint density at radius 3 is 2.54 bits per heavy atom. The van der Waals surface area contributed by atoms with Gasteiger partial charge in [0.2, 0.25) is 0 Å². The molecule has 3 aromatic rings. The summed E-state index contributed by atoms with van der Waals surface area (Å²) in [5, 5.41) is 15.7. The monoisotopic (exact) mass is 323 g/mol. The second kappa shape index (κ2) is 6.23. The first-order chi connectivity index (χ1) is 11.8. The zero-order valence-corrected chi connectivity index (χ0v) is 13.1. The summed E-state index contributed by atoms with van der Waals surface area (Å²) >= 11 is 0. The molecule has 0 aliphatic carbocycles. The number of benzene rings is 1. The van der Waals surface area contributed by atoms with E-state index >= 15 is 0 Å². The zero-order valence-electron chi connectivity index (χ0n) is 13.1. The molecule has 3 heterocycles. The minimum Gasteiger partial charge on any atom is -0.338 e. The van der Waals surface area contributed by atoms with Crippen LogP contribution in [0.5, 0.6) is 0 Å². The molecule has 1 aliphatic rings. The van der Waals surface area contributed by atoms with E-state index in [4.69, 9.17) is 0 Å². The molecule has 1 fully saturated rings. The fourth-order valence-electron chi connectivity index (χ4n) is 3.06. The first kappa shape index (κ1) is 14.6. The van der Waals surface area contributed by atoms with Crippen LogP contribution in [-0.2, 0) is 0 Å². The number of piperidine rings is 1. The van der Waals surface area contributed by atoms with Crippen LogP contribution < -0.4 is 0 Å². The first-order valence-electron chi connectivity index (χ1n) is 7.93. The van der Waals surface area contributed by atoms with Crippen LogP contribution in [0.1, 0.15) is 29.2 Å². The van der Waals surface area contributed by atoms with Crippen molar-refractivity contribution in [2.45, 2.75) is 18.9 Å². The van der Waals surface area contributed by atoms with Gasteiger partial charge in [0, 0.05) is 24.8 Å². The number of hydrogen-bond donors (Lipinski definition) is 0. The van der Waals surface area contributed by atoms with Crippen molar-refractivity contribution >= 4 is 5.91 Å². The van der Waals surface area contributed by atoms with Gasteiger partial charge in [-0.2, -0.15) is 0 Å². The molecule has 0 unspecified atom stereocenters. The molecule has 122 valence electrons. The predicted octanol–water partition coefficient (Wildman–Crippen LogP) is 1.34. The number of hydrogen-bond acceptors (Lipinski definition) is 5. The summed E-state index contributed by atoms with van der Waals surface area (Å²) in [6.07, 6.45) is 8.71. The van der Waals surface area contributed by atoms with E-state index < -0.39 is 0 Å². The fraction of sp³-hybridized carbons (Fsp3) is 0.312. The average Bonchev–Trinajstić information content (AvgIpc) is 3.35. The molecule has 4 rings (SSSR count). The van der Waals surface area contributed by atoms with Gasteiger partial charge in [-0.1, -0.05) is 16.5 Å². The third-order valence-corrected chi connectivity index (χ3v) is 4.35. The second-order valence-corrected chi connectivity index (χ2v) is 5.80. The van der Waals surface area contributed by atoms with Gasteiger partial charge in [-0.3, -0.25) is 4.79 Å². The van der Waals surface area contributed by atoms with Crippen molar-refractivity contribution in [1.82, 2.24) is 34.9 Å². The van der Waals surface area contributed by atoms with Crippen LogP contribution in [0.25, 0.3) is 5.69 Å². The molecule has 1 amide bonds. The third-order valence-electron chi connectivity index (χ3n) is 4.35. The summed E-state index contributed by atoms with van der Waals surface area (Å²) in [5.74, 6) is 0.0500. The van der Waals surface area contributed by atoms with E-state index in [2.05, 4.69) is 20.6 Å². The quantitative estimate of drug-likeness (QED) is 0.726. The van der Waals surface area contributed by atoms with Gasteiger partial charge >= 0.3 is 0 Å². The minimum atomic E-state index is 0.0500. The standard InChI is InChI=1S/C16H17N7O/c24-16(13-2-1-3-15(12-13)23-11-7-18-20-23)21-8-4-14(5-9-21)22-10-6-17-19-22/h1-3,6-7,10-12,14H,4-5,8-9H2. The summed E-state index contributed by atoms with van der Waals surface area (Å²) in [6.45, 7) is 1.44. The Bertz CT molecular complexity index is 805. The fourth-order valence-corrected chi connectivity index (χ4v) is 3.06. The molecule has 0 radical (unpaired) electrons. The number of nitrogens with zero attached hydrogens (tertiary/aromatic N) is 7. The summed E-state index contributed by atoms with van der Waals surface area (Å²) in [5.41, 5.74) is 1.50. The van der Waals surface area contributed by atoms with Crippen LogP contribution in [0.4, 0.5) is 0 Å². The van der Waals surface area contributed by atoms with Crippen molar-refractivity contribution < 1.29 is 4.79 Å². The molecule has 0 saturated carbocycles. The highest BCUT2D eigenvalue weighted by Crippen LogP contribution is 2.23. The van der Waals surface area contributed by atoms with Gasteiger partial charge in [0.05, 0.1) is 30.3 Å². The van der Waals surface area contributed by atoms with Crippen molar-refractivity contribution in [2.24, 2.45) is 0 Å². The normalized spacial score (nSPS) is 15.6. The van der Waals surface area contributed by atoms with Crippen molar-refractivity contribution in [1.29, 1.82) is 0 Å². The van der Waals surface area contributed by atoms with E-state index in [9.17, 15) is 4.79 Å². The number of rotatable bonds is 3. The molecule has 0 bridgehead atoms. The minimum absolute atomic E-state index is 0.0500. The molecule has 2 aromatic heterocycles. The van der Waals surface area contributed by atoms with E-state index in [0.29, 0.717) is 11.6 Å². The maximum Gasteiger partial charge on any atom is 0.253 e. The Morgan fingerprint density at radius 2 is 1.83 bits per heavy atom. The van der Waals surface area contributed by atoms with Crippen molar-refractivity contribution in [2.75, 3.05) is 13.1 Å². The van der Waals surface area contributed by atoms with Crippen molar-refractivity contribution in [3.63, 3.8) is 0 Å². The molecule has 1 aliphatic heterocycles. The summed E-state index contributed by atoms with van der Waals surface area (Å²) in [6, 6.07) is 7.78. The highest BCUT2D eigenvalue weighted by atomic mass is 16.2. The van der Waals surface area contributed by atoms with Gasteiger partial charge < -0.3 is 4.90 Å². The van der Waals surface area contributed by atoms with E-state index in [-0.39, 0.29) is 5.91 Å².